The van der Waals surface area contributed by atoms with Crippen LogP contribution in [0.2, 0.25) is 5.02 Å². The molecule has 380 valence electrons. The Kier molecular flexibility index (Phi) is 17.8. The van der Waals surface area contributed by atoms with Crippen molar-refractivity contribution in [2.24, 2.45) is 5.41 Å². The summed E-state index contributed by atoms with van der Waals surface area (Å²) in [5.41, 5.74) is -0.907. The van der Waals surface area contributed by atoms with Gasteiger partial charge in [0.15, 0.2) is 10.9 Å². The molecule has 0 unspecified atom stereocenters. The van der Waals surface area contributed by atoms with Crippen LogP contribution in [0.5, 0.6) is 5.88 Å². The predicted octanol–water partition coefficient (Wildman–Crippen LogP) is 7.38. The number of amides is 4. The molecule has 4 amide bonds. The van der Waals surface area contributed by atoms with Crippen molar-refractivity contribution in [1.82, 2.24) is 25.5 Å². The number of halogens is 5. The van der Waals surface area contributed by atoms with Crippen molar-refractivity contribution < 1.29 is 55.7 Å². The molecule has 2 saturated heterocycles. The van der Waals surface area contributed by atoms with Gasteiger partial charge in [-0.1, -0.05) is 56.6 Å². The Morgan fingerprint density at radius 2 is 1.66 bits per heavy atom. The van der Waals surface area contributed by atoms with Crippen LogP contribution in [0.1, 0.15) is 69.8 Å². The molecule has 0 saturated carbocycles. The van der Waals surface area contributed by atoms with Crippen LogP contribution in [-0.4, -0.2) is 114 Å². The quantitative estimate of drug-likeness (QED) is 0.0508. The number of rotatable bonds is 20. The van der Waals surface area contributed by atoms with Gasteiger partial charge in [-0.2, -0.15) is 18.4 Å². The molecule has 0 aliphatic carbocycles. The Morgan fingerprint density at radius 3 is 2.27 bits per heavy atom. The van der Waals surface area contributed by atoms with Crippen LogP contribution < -0.4 is 25.2 Å². The van der Waals surface area contributed by atoms with E-state index in [1.54, 1.807) is 16.2 Å². The summed E-state index contributed by atoms with van der Waals surface area (Å²) in [5.74, 6) is -3.67. The van der Waals surface area contributed by atoms with Crippen molar-refractivity contribution in [2.75, 3.05) is 62.6 Å². The number of nitrogens with zero attached hydrogens (tertiary/aromatic N) is 6. The third kappa shape index (κ3) is 12.8. The van der Waals surface area contributed by atoms with Gasteiger partial charge in [0.25, 0.3) is 5.91 Å². The smallest absolute Gasteiger partial charge is 0.420 e. The van der Waals surface area contributed by atoms with E-state index in [1.165, 1.54) is 37.1 Å². The first-order valence-electron chi connectivity index (χ1n) is 22.4. The first-order valence-corrected chi connectivity index (χ1v) is 24.1. The number of benzene rings is 2. The van der Waals surface area contributed by atoms with Crippen LogP contribution in [0.4, 0.5) is 28.9 Å². The molecule has 2 aliphatic heterocycles. The number of ether oxygens (including phenoxy) is 4. The van der Waals surface area contributed by atoms with Gasteiger partial charge >= 0.3 is 6.18 Å². The molecule has 71 heavy (non-hydrogen) atoms. The molecule has 2 aliphatic rings. The molecule has 0 bridgehead atoms. The van der Waals surface area contributed by atoms with Gasteiger partial charge in [0, 0.05) is 19.2 Å². The number of hydrogen-bond acceptors (Lipinski definition) is 13. The standard InChI is InChI=1S/C48H53ClF4N8O8S2/c1-28-40(71-27-57-28)30-11-9-29(10-12-30)24-56-42(63)34-8-7-15-59(34)43(64)41(46(2,3)4)58-36(62)26-68-19-18-66-16-17-67-20-21-69-37-22-32(49)35(25-55-37)61-45(70)60(44(65)47(61,5)6)33-14-13-31(23-54)38(39(33)50)48(51,52)53/h9-14,22,25,27,34,41H,7-8,15-21,24,26H2,1-6H3,(H,56,63)(H,58,62)/t34-,41+/m0/s1. The largest absolute Gasteiger partial charge is 0.475 e. The highest BCUT2D eigenvalue weighted by molar-refractivity contribution is 7.81. The monoisotopic (exact) mass is 1040 g/mol. The first-order chi connectivity index (χ1) is 33.6. The number of likely N-dealkylation sites (tertiary alicyclic amines) is 1. The minimum Gasteiger partial charge on any atom is -0.475 e. The summed E-state index contributed by atoms with van der Waals surface area (Å²) >= 11 is 13.6. The van der Waals surface area contributed by atoms with E-state index in [2.05, 4.69) is 20.6 Å². The van der Waals surface area contributed by atoms with Gasteiger partial charge in [0.2, 0.25) is 23.6 Å². The number of aryl methyl sites for hydroxylation is 1. The lowest BCUT2D eigenvalue weighted by atomic mass is 9.85. The maximum absolute atomic E-state index is 15.4. The van der Waals surface area contributed by atoms with Crippen LogP contribution in [0.3, 0.4) is 0 Å². The Labute approximate surface area is 422 Å². The van der Waals surface area contributed by atoms with Crippen LogP contribution in [0.25, 0.3) is 10.4 Å². The number of anilines is 2. The molecule has 0 spiro atoms. The van der Waals surface area contributed by atoms with E-state index in [0.717, 1.165) is 33.8 Å². The molecule has 2 aromatic carbocycles. The minimum absolute atomic E-state index is 0.0159. The number of thiocarbonyl (C=S) groups is 1. The number of aromatic nitrogens is 2. The van der Waals surface area contributed by atoms with Gasteiger partial charge in [-0.25, -0.2) is 14.4 Å². The summed E-state index contributed by atoms with van der Waals surface area (Å²) in [4.78, 5) is 66.8. The maximum atomic E-state index is 15.4. The van der Waals surface area contributed by atoms with Crippen molar-refractivity contribution in [2.45, 2.75) is 84.7 Å². The van der Waals surface area contributed by atoms with Gasteiger partial charge in [-0.15, -0.1) is 11.3 Å². The van der Waals surface area contributed by atoms with Gasteiger partial charge in [0.1, 0.15) is 36.4 Å². The maximum Gasteiger partial charge on any atom is 0.420 e. The predicted molar refractivity (Wildman–Crippen MR) is 260 cm³/mol. The molecule has 6 rings (SSSR count). The number of nitrogens with one attached hydrogen (secondary N) is 2. The number of thiazole rings is 1. The zero-order valence-electron chi connectivity index (χ0n) is 39.8. The number of hydrogen-bond donors (Lipinski definition) is 2. The molecule has 4 aromatic rings. The third-order valence-corrected chi connectivity index (χ3v) is 13.3. The molecule has 23 heteroatoms. The molecule has 4 heterocycles. The van der Waals surface area contributed by atoms with Crippen molar-refractivity contribution in [3.63, 3.8) is 0 Å². The summed E-state index contributed by atoms with van der Waals surface area (Å²) < 4.78 is 78.8. The van der Waals surface area contributed by atoms with Crippen LogP contribution >= 0.6 is 35.2 Å². The number of carbonyl (C=O) groups excluding carboxylic acids is 4. The second-order valence-electron chi connectivity index (χ2n) is 18.1. The van der Waals surface area contributed by atoms with Gasteiger partial charge < -0.3 is 39.4 Å². The third-order valence-electron chi connectivity index (χ3n) is 11.6. The number of alkyl halides is 3. The Balaban J connectivity index is 0.877. The normalized spacial score (nSPS) is 16.3. The fourth-order valence-electron chi connectivity index (χ4n) is 7.96. The van der Waals surface area contributed by atoms with Gasteiger partial charge in [-0.3, -0.25) is 24.1 Å². The van der Waals surface area contributed by atoms with E-state index in [9.17, 15) is 32.3 Å². The molecular formula is C48H53ClF4N8O8S2. The minimum atomic E-state index is -5.22. The van der Waals surface area contributed by atoms with Crippen molar-refractivity contribution in [3.8, 4) is 22.4 Å². The zero-order chi connectivity index (χ0) is 51.8. The van der Waals surface area contributed by atoms with Crippen molar-refractivity contribution in [1.29, 1.82) is 5.26 Å². The average Bonchev–Trinajstić information content (AvgIpc) is 4.02. The Morgan fingerprint density at radius 1 is 1.00 bits per heavy atom. The van der Waals surface area contributed by atoms with Crippen molar-refractivity contribution >= 4 is 75.3 Å². The van der Waals surface area contributed by atoms with Gasteiger partial charge in [-0.05, 0) is 74.5 Å². The zero-order valence-corrected chi connectivity index (χ0v) is 42.2. The molecule has 2 atom stereocenters. The number of carbonyl (C=O) groups is 4. The summed E-state index contributed by atoms with van der Waals surface area (Å²) in [6, 6.07) is 10.7. The van der Waals surface area contributed by atoms with Crippen LogP contribution in [0, 0.1) is 29.5 Å². The highest BCUT2D eigenvalue weighted by Gasteiger charge is 2.52. The fourth-order valence-corrected chi connectivity index (χ4v) is 9.51. The molecule has 2 N–H and O–H groups in total. The van der Waals surface area contributed by atoms with E-state index in [4.69, 9.17) is 48.0 Å². The van der Waals surface area contributed by atoms with Crippen LogP contribution in [-0.2, 0) is 46.1 Å². The summed E-state index contributed by atoms with van der Waals surface area (Å²) in [7, 11) is 0. The molecule has 0 radical (unpaired) electrons. The molecular weight excluding hydrogens is 992 g/mol. The van der Waals surface area contributed by atoms with Crippen molar-refractivity contribution in [3.05, 3.63) is 87.4 Å². The van der Waals surface area contributed by atoms with Gasteiger partial charge in [0.05, 0.1) is 83.3 Å². The second-order valence-corrected chi connectivity index (χ2v) is 19.7. The lowest BCUT2D eigenvalue weighted by molar-refractivity contribution is -0.144. The summed E-state index contributed by atoms with van der Waals surface area (Å²) in [6.07, 6.45) is -2.80. The Hall–Kier alpha value is -5.83. The van der Waals surface area contributed by atoms with E-state index < -0.39 is 63.7 Å². The SMILES string of the molecule is Cc1ncsc1-c1ccc(CNC(=O)[C@@H]2CCCN2C(=O)[C@@H](NC(=O)COCCOCCOCCOc2cc(Cl)c(N3C(=S)N(c4ccc(C#N)c(C(F)(F)F)c4F)C(=O)C3(C)C)cn2)C(C)(C)C)cc1. The topological polar surface area (TPSA) is 189 Å². The first kappa shape index (κ1) is 54.5. The number of nitriles is 1. The second kappa shape index (κ2) is 23.2. The van der Waals surface area contributed by atoms with E-state index in [1.807, 2.05) is 57.5 Å². The Bertz CT molecular complexity index is 2660. The van der Waals surface area contributed by atoms with E-state index in [0.29, 0.717) is 30.8 Å². The number of pyridine rings is 1. The lowest BCUT2D eigenvalue weighted by Crippen LogP contribution is -2.58. The molecule has 2 fully saturated rings. The lowest BCUT2D eigenvalue weighted by Gasteiger charge is -2.35. The highest BCUT2D eigenvalue weighted by atomic mass is 35.5. The van der Waals surface area contributed by atoms with E-state index >= 15 is 4.39 Å². The molecule has 16 nitrogen and oxygen atoms in total. The van der Waals surface area contributed by atoms with Crippen LogP contribution in [0.15, 0.2) is 54.2 Å². The fraction of sp³-hybridized carbons (Fsp3) is 0.458. The highest BCUT2D eigenvalue weighted by Crippen LogP contribution is 2.43. The average molecular weight is 1050 g/mol. The molecule has 2 aromatic heterocycles. The summed E-state index contributed by atoms with van der Waals surface area (Å²) in [6.45, 7) is 11.5. The van der Waals surface area contributed by atoms with E-state index in [-0.39, 0.29) is 79.8 Å². The summed E-state index contributed by atoms with van der Waals surface area (Å²) in [5, 5.41) is 14.6.